The van der Waals surface area contributed by atoms with Crippen molar-refractivity contribution in [2.75, 3.05) is 7.11 Å². The van der Waals surface area contributed by atoms with E-state index in [4.69, 9.17) is 4.74 Å². The molecule has 0 saturated carbocycles. The molecule has 4 heteroatoms. The van der Waals surface area contributed by atoms with E-state index in [1.165, 1.54) is 6.08 Å². The predicted molar refractivity (Wildman–Crippen MR) is 90.6 cm³/mol. The van der Waals surface area contributed by atoms with Gasteiger partial charge < -0.3 is 4.74 Å². The van der Waals surface area contributed by atoms with Crippen LogP contribution in [0.25, 0.3) is 17.1 Å². The zero-order chi connectivity index (χ0) is 16.2. The standard InChI is InChI=1S/C19H16N2O2/c1-13-19(21-17-9-4-3-8-16(17)20-13)18(22)11-10-14-6-5-7-15(12-14)23-2/h3-12H,1-2H3/b11-10+. The molecule has 0 aliphatic carbocycles. The molecule has 0 N–H and O–H groups in total. The van der Waals surface area contributed by atoms with Crippen LogP contribution in [0.2, 0.25) is 0 Å². The van der Waals surface area contributed by atoms with Crippen molar-refractivity contribution < 1.29 is 9.53 Å². The average Bonchev–Trinajstić information content (AvgIpc) is 2.59. The smallest absolute Gasteiger partial charge is 0.206 e. The highest BCUT2D eigenvalue weighted by Gasteiger charge is 2.10. The first-order valence-corrected chi connectivity index (χ1v) is 7.27. The van der Waals surface area contributed by atoms with Crippen LogP contribution < -0.4 is 4.74 Å². The lowest BCUT2D eigenvalue weighted by molar-refractivity contribution is 0.104. The van der Waals surface area contributed by atoms with Crippen molar-refractivity contribution in [3.05, 3.63) is 71.6 Å². The fourth-order valence-corrected chi connectivity index (χ4v) is 2.32. The SMILES string of the molecule is COc1cccc(/C=C/C(=O)c2nc3ccccc3nc2C)c1. The molecule has 0 atom stereocenters. The summed E-state index contributed by atoms with van der Waals surface area (Å²) in [5, 5.41) is 0. The number of hydrogen-bond donors (Lipinski definition) is 0. The van der Waals surface area contributed by atoms with Crippen LogP contribution in [0.3, 0.4) is 0 Å². The molecule has 3 aromatic rings. The summed E-state index contributed by atoms with van der Waals surface area (Å²) < 4.78 is 5.17. The number of carbonyl (C=O) groups is 1. The summed E-state index contributed by atoms with van der Waals surface area (Å²) in [7, 11) is 1.61. The Morgan fingerprint density at radius 2 is 1.78 bits per heavy atom. The van der Waals surface area contributed by atoms with Crippen molar-refractivity contribution in [3.63, 3.8) is 0 Å². The second-order valence-corrected chi connectivity index (χ2v) is 5.12. The third kappa shape index (κ3) is 3.26. The Hall–Kier alpha value is -3.01. The van der Waals surface area contributed by atoms with Gasteiger partial charge in [0.15, 0.2) is 0 Å². The quantitative estimate of drug-likeness (QED) is 0.543. The minimum absolute atomic E-state index is 0.163. The molecule has 0 radical (unpaired) electrons. The van der Waals surface area contributed by atoms with Gasteiger partial charge in [-0.2, -0.15) is 0 Å². The zero-order valence-corrected chi connectivity index (χ0v) is 13.0. The molecule has 0 saturated heterocycles. The van der Waals surface area contributed by atoms with E-state index in [2.05, 4.69) is 9.97 Å². The van der Waals surface area contributed by atoms with Crippen LogP contribution in [0.5, 0.6) is 5.75 Å². The van der Waals surface area contributed by atoms with E-state index in [1.807, 2.05) is 48.5 Å². The molecule has 0 amide bonds. The number of carbonyl (C=O) groups excluding carboxylic acids is 1. The summed E-state index contributed by atoms with van der Waals surface area (Å²) in [4.78, 5) is 21.3. The highest BCUT2D eigenvalue weighted by Crippen LogP contribution is 2.16. The number of methoxy groups -OCH3 is 1. The Balaban J connectivity index is 1.90. The highest BCUT2D eigenvalue weighted by molar-refractivity contribution is 6.06. The van der Waals surface area contributed by atoms with Gasteiger partial charge in [-0.3, -0.25) is 4.79 Å². The van der Waals surface area contributed by atoms with Gasteiger partial charge >= 0.3 is 0 Å². The first kappa shape index (κ1) is 14.9. The molecule has 2 aromatic carbocycles. The summed E-state index contributed by atoms with van der Waals surface area (Å²) in [5.41, 5.74) is 3.41. The third-order valence-electron chi connectivity index (χ3n) is 3.50. The monoisotopic (exact) mass is 304 g/mol. The molecule has 4 nitrogen and oxygen atoms in total. The van der Waals surface area contributed by atoms with Crippen molar-refractivity contribution in [1.82, 2.24) is 9.97 Å². The zero-order valence-electron chi connectivity index (χ0n) is 13.0. The van der Waals surface area contributed by atoms with Gasteiger partial charge in [0, 0.05) is 0 Å². The Labute approximate surface area is 134 Å². The van der Waals surface area contributed by atoms with Crippen molar-refractivity contribution in [1.29, 1.82) is 0 Å². The van der Waals surface area contributed by atoms with Gasteiger partial charge in [-0.25, -0.2) is 9.97 Å². The largest absolute Gasteiger partial charge is 0.497 e. The van der Waals surface area contributed by atoms with Gasteiger partial charge in [0.1, 0.15) is 11.4 Å². The van der Waals surface area contributed by atoms with E-state index in [0.29, 0.717) is 11.4 Å². The van der Waals surface area contributed by atoms with Gasteiger partial charge in [-0.05, 0) is 42.8 Å². The molecule has 1 heterocycles. The molecule has 114 valence electrons. The number of aryl methyl sites for hydroxylation is 1. The van der Waals surface area contributed by atoms with Crippen LogP contribution in [0.1, 0.15) is 21.7 Å². The first-order valence-electron chi connectivity index (χ1n) is 7.27. The number of allylic oxidation sites excluding steroid dienone is 1. The van der Waals surface area contributed by atoms with Crippen LogP contribution in [0.15, 0.2) is 54.6 Å². The van der Waals surface area contributed by atoms with E-state index in [-0.39, 0.29) is 5.78 Å². The number of ketones is 1. The van der Waals surface area contributed by atoms with Crippen LogP contribution in [0.4, 0.5) is 0 Å². The number of para-hydroxylation sites is 2. The Morgan fingerprint density at radius 1 is 1.04 bits per heavy atom. The van der Waals surface area contributed by atoms with Crippen molar-refractivity contribution in [3.8, 4) is 5.75 Å². The molecule has 0 aliphatic heterocycles. The number of nitrogens with zero attached hydrogens (tertiary/aromatic N) is 2. The number of hydrogen-bond acceptors (Lipinski definition) is 4. The summed E-state index contributed by atoms with van der Waals surface area (Å²) in [6, 6.07) is 15.0. The number of rotatable bonds is 4. The Bertz CT molecular complexity index is 901. The van der Waals surface area contributed by atoms with Crippen LogP contribution in [-0.4, -0.2) is 22.9 Å². The first-order chi connectivity index (χ1) is 11.2. The van der Waals surface area contributed by atoms with Crippen LogP contribution >= 0.6 is 0 Å². The number of fused-ring (bicyclic) bond motifs is 1. The van der Waals surface area contributed by atoms with E-state index in [1.54, 1.807) is 20.1 Å². The van der Waals surface area contributed by atoms with Crippen molar-refractivity contribution in [2.24, 2.45) is 0 Å². The van der Waals surface area contributed by atoms with Gasteiger partial charge in [-0.1, -0.05) is 30.3 Å². The lowest BCUT2D eigenvalue weighted by atomic mass is 10.1. The maximum atomic E-state index is 12.4. The molecular weight excluding hydrogens is 288 g/mol. The van der Waals surface area contributed by atoms with Gasteiger partial charge in [0.05, 0.1) is 23.8 Å². The molecule has 1 aromatic heterocycles. The number of aromatic nitrogens is 2. The molecule has 0 bridgehead atoms. The maximum absolute atomic E-state index is 12.4. The summed E-state index contributed by atoms with van der Waals surface area (Å²) in [6.07, 6.45) is 3.27. The van der Waals surface area contributed by atoms with Gasteiger partial charge in [0.2, 0.25) is 5.78 Å². The Morgan fingerprint density at radius 3 is 2.52 bits per heavy atom. The number of ether oxygens (including phenoxy) is 1. The summed E-state index contributed by atoms with van der Waals surface area (Å²) >= 11 is 0. The molecule has 0 unspecified atom stereocenters. The minimum atomic E-state index is -0.163. The highest BCUT2D eigenvalue weighted by atomic mass is 16.5. The molecule has 3 rings (SSSR count). The lowest BCUT2D eigenvalue weighted by Crippen LogP contribution is -2.04. The molecule has 0 spiro atoms. The lowest BCUT2D eigenvalue weighted by Gasteiger charge is -2.03. The second kappa shape index (κ2) is 6.40. The maximum Gasteiger partial charge on any atom is 0.206 e. The van der Waals surface area contributed by atoms with Crippen LogP contribution in [-0.2, 0) is 0 Å². The summed E-state index contributed by atoms with van der Waals surface area (Å²) in [5.74, 6) is 0.588. The fourth-order valence-electron chi connectivity index (χ4n) is 2.32. The molecular formula is C19H16N2O2. The summed E-state index contributed by atoms with van der Waals surface area (Å²) in [6.45, 7) is 1.80. The molecule has 0 fully saturated rings. The normalized spacial score (nSPS) is 11.0. The topological polar surface area (TPSA) is 52.1 Å². The van der Waals surface area contributed by atoms with E-state index < -0.39 is 0 Å². The van der Waals surface area contributed by atoms with Crippen LogP contribution in [0, 0.1) is 6.92 Å². The van der Waals surface area contributed by atoms with Crippen molar-refractivity contribution in [2.45, 2.75) is 6.92 Å². The predicted octanol–water partition coefficient (Wildman–Crippen LogP) is 3.84. The number of benzene rings is 2. The van der Waals surface area contributed by atoms with Crippen molar-refractivity contribution >= 4 is 22.9 Å². The van der Waals surface area contributed by atoms with Gasteiger partial charge in [0.25, 0.3) is 0 Å². The second-order valence-electron chi connectivity index (χ2n) is 5.12. The van der Waals surface area contributed by atoms with Gasteiger partial charge in [-0.15, -0.1) is 0 Å². The average molecular weight is 304 g/mol. The minimum Gasteiger partial charge on any atom is -0.497 e. The van der Waals surface area contributed by atoms with E-state index >= 15 is 0 Å². The van der Waals surface area contributed by atoms with E-state index in [9.17, 15) is 4.79 Å². The fraction of sp³-hybridized carbons (Fsp3) is 0.105. The van der Waals surface area contributed by atoms with E-state index in [0.717, 1.165) is 22.3 Å². The molecule has 0 aliphatic rings. The Kier molecular flexibility index (Phi) is 4.15. The third-order valence-corrected chi connectivity index (χ3v) is 3.50. The molecule has 23 heavy (non-hydrogen) atoms.